The fourth-order valence-corrected chi connectivity index (χ4v) is 3.81. The Kier molecular flexibility index (Phi) is 4.16. The maximum atomic E-state index is 13.0. The lowest BCUT2D eigenvalue weighted by Crippen LogP contribution is -2.44. The molecule has 0 aromatic carbocycles. The van der Waals surface area contributed by atoms with Gasteiger partial charge in [0.15, 0.2) is 5.65 Å². The van der Waals surface area contributed by atoms with E-state index in [2.05, 4.69) is 25.4 Å². The molecule has 3 N–H and O–H groups in total. The Morgan fingerprint density at radius 2 is 2.07 bits per heavy atom. The number of fused-ring (bicyclic) bond motifs is 2. The van der Waals surface area contributed by atoms with E-state index in [0.717, 1.165) is 29.5 Å². The zero-order valence-electron chi connectivity index (χ0n) is 15.8. The van der Waals surface area contributed by atoms with Gasteiger partial charge in [0, 0.05) is 35.6 Å². The summed E-state index contributed by atoms with van der Waals surface area (Å²) in [7, 11) is 0. The van der Waals surface area contributed by atoms with E-state index in [1.54, 1.807) is 23.8 Å². The van der Waals surface area contributed by atoms with Crippen LogP contribution in [0.5, 0.6) is 0 Å². The fraction of sp³-hybridized carbons (Fsp3) is 0.368. The summed E-state index contributed by atoms with van der Waals surface area (Å²) >= 11 is 0. The number of hydrogen-bond acceptors (Lipinski definition) is 6. The number of nitrogens with one attached hydrogen (secondary N) is 1. The van der Waals surface area contributed by atoms with Gasteiger partial charge in [0.2, 0.25) is 5.95 Å². The van der Waals surface area contributed by atoms with E-state index >= 15 is 0 Å². The van der Waals surface area contributed by atoms with Crippen molar-refractivity contribution in [2.24, 2.45) is 5.73 Å². The second-order valence-corrected chi connectivity index (χ2v) is 7.44. The van der Waals surface area contributed by atoms with Gasteiger partial charge in [-0.2, -0.15) is 0 Å². The summed E-state index contributed by atoms with van der Waals surface area (Å²) in [6.07, 6.45) is 4.64. The van der Waals surface area contributed by atoms with Gasteiger partial charge in [-0.25, -0.2) is 28.2 Å². The van der Waals surface area contributed by atoms with Crippen LogP contribution in [0.15, 0.2) is 30.7 Å². The molecule has 5 rings (SSSR count). The molecule has 0 radical (unpaired) electrons. The van der Waals surface area contributed by atoms with Crippen molar-refractivity contribution >= 4 is 22.6 Å². The van der Waals surface area contributed by atoms with Gasteiger partial charge in [-0.15, -0.1) is 5.10 Å². The molecule has 0 amide bonds. The largest absolute Gasteiger partial charge is 0.350 e. The van der Waals surface area contributed by atoms with Crippen molar-refractivity contribution in [2.45, 2.75) is 44.8 Å². The van der Waals surface area contributed by atoms with E-state index in [9.17, 15) is 8.78 Å². The molecule has 150 valence electrons. The predicted molar refractivity (Wildman–Crippen MR) is 105 cm³/mol. The Labute approximate surface area is 164 Å². The van der Waals surface area contributed by atoms with Crippen LogP contribution in [0, 0.1) is 6.92 Å². The molecule has 1 fully saturated rings. The van der Waals surface area contributed by atoms with Gasteiger partial charge in [-0.05, 0) is 31.9 Å². The van der Waals surface area contributed by atoms with Gasteiger partial charge in [0.05, 0.1) is 23.8 Å². The predicted octanol–water partition coefficient (Wildman–Crippen LogP) is 2.62. The minimum absolute atomic E-state index is 0.249. The summed E-state index contributed by atoms with van der Waals surface area (Å²) in [5.74, 6) is 1.07. The average Bonchev–Trinajstić information content (AvgIpc) is 3.21. The Morgan fingerprint density at radius 1 is 1.24 bits per heavy atom. The zero-order valence-corrected chi connectivity index (χ0v) is 15.8. The summed E-state index contributed by atoms with van der Waals surface area (Å²) in [6.45, 7) is 1.29. The maximum Gasteiger partial charge on any atom is 0.256 e. The van der Waals surface area contributed by atoms with Gasteiger partial charge < -0.3 is 15.6 Å². The summed E-state index contributed by atoms with van der Waals surface area (Å²) in [5.41, 5.74) is 9.33. The molecule has 1 aliphatic rings. The molecule has 1 saturated carbocycles. The van der Waals surface area contributed by atoms with Crippen LogP contribution in [0.2, 0.25) is 0 Å². The SMILES string of the molecule is Cc1nc2ncc(-c3ccn4nc(NC5CC(N)C5)ncc34)cc2n1CC(F)F. The third kappa shape index (κ3) is 3.19. The lowest BCUT2D eigenvalue weighted by atomic mass is 9.88. The first-order valence-corrected chi connectivity index (χ1v) is 9.46. The van der Waals surface area contributed by atoms with E-state index in [1.165, 1.54) is 4.57 Å². The molecule has 4 aromatic rings. The highest BCUT2D eigenvalue weighted by Crippen LogP contribution is 2.28. The van der Waals surface area contributed by atoms with Gasteiger partial charge in [-0.1, -0.05) is 0 Å². The first-order valence-electron chi connectivity index (χ1n) is 9.46. The molecule has 10 heteroatoms. The first kappa shape index (κ1) is 17.9. The molecule has 29 heavy (non-hydrogen) atoms. The van der Waals surface area contributed by atoms with Crippen molar-refractivity contribution in [3.8, 4) is 11.1 Å². The molecule has 0 atom stereocenters. The van der Waals surface area contributed by atoms with Crippen LogP contribution in [0.4, 0.5) is 14.7 Å². The molecule has 4 heterocycles. The van der Waals surface area contributed by atoms with Crippen LogP contribution in [-0.2, 0) is 6.54 Å². The Balaban J connectivity index is 1.50. The number of rotatable bonds is 5. The van der Waals surface area contributed by atoms with Crippen molar-refractivity contribution in [3.05, 3.63) is 36.5 Å². The number of nitrogens with two attached hydrogens (primary N) is 1. The second kappa shape index (κ2) is 6.73. The van der Waals surface area contributed by atoms with Crippen LogP contribution in [0.1, 0.15) is 18.7 Å². The van der Waals surface area contributed by atoms with Crippen molar-refractivity contribution in [3.63, 3.8) is 0 Å². The Bertz CT molecular complexity index is 1190. The van der Waals surface area contributed by atoms with E-state index in [4.69, 9.17) is 5.73 Å². The number of pyridine rings is 1. The minimum Gasteiger partial charge on any atom is -0.350 e. The number of halogens is 2. The van der Waals surface area contributed by atoms with E-state index < -0.39 is 13.0 Å². The highest BCUT2D eigenvalue weighted by atomic mass is 19.3. The Morgan fingerprint density at radius 3 is 2.83 bits per heavy atom. The molecule has 4 aromatic heterocycles. The van der Waals surface area contributed by atoms with Crippen molar-refractivity contribution in [2.75, 3.05) is 5.32 Å². The molecule has 8 nitrogen and oxygen atoms in total. The standard InChI is InChI=1S/C19H20F2N8/c1-10-25-18-15(28(10)9-17(20)21)4-11(7-23-18)14-2-3-29-16(14)8-24-19(27-29)26-13-5-12(22)6-13/h2-4,7-8,12-13,17H,5-6,9,22H2,1H3,(H,26,27). The molecule has 0 unspecified atom stereocenters. The minimum atomic E-state index is -2.46. The third-order valence-corrected chi connectivity index (χ3v) is 5.35. The first-order chi connectivity index (χ1) is 14.0. The van der Waals surface area contributed by atoms with Gasteiger partial charge in [0.25, 0.3) is 6.43 Å². The van der Waals surface area contributed by atoms with Crippen LogP contribution >= 0.6 is 0 Å². The fourth-order valence-electron chi connectivity index (χ4n) is 3.81. The average molecular weight is 398 g/mol. The molecule has 1 aliphatic carbocycles. The van der Waals surface area contributed by atoms with E-state index in [-0.39, 0.29) is 6.04 Å². The number of nitrogens with zero attached hydrogens (tertiary/aromatic N) is 6. The summed E-state index contributed by atoms with van der Waals surface area (Å²) in [6, 6.07) is 4.31. The molecular weight excluding hydrogens is 378 g/mol. The second-order valence-electron chi connectivity index (χ2n) is 7.44. The number of hydrogen-bond donors (Lipinski definition) is 2. The quantitative estimate of drug-likeness (QED) is 0.536. The van der Waals surface area contributed by atoms with Crippen LogP contribution in [0.25, 0.3) is 27.8 Å². The highest BCUT2D eigenvalue weighted by Gasteiger charge is 2.26. The number of aromatic nitrogens is 6. The van der Waals surface area contributed by atoms with Gasteiger partial charge in [-0.3, -0.25) is 0 Å². The Hall–Kier alpha value is -3.14. The smallest absolute Gasteiger partial charge is 0.256 e. The monoisotopic (exact) mass is 398 g/mol. The highest BCUT2D eigenvalue weighted by molar-refractivity contribution is 5.85. The lowest BCUT2D eigenvalue weighted by Gasteiger charge is -2.32. The molecule has 0 spiro atoms. The molecule has 0 bridgehead atoms. The number of aryl methyl sites for hydroxylation is 1. The zero-order chi connectivity index (χ0) is 20.1. The summed E-state index contributed by atoms with van der Waals surface area (Å²) in [5, 5.41) is 7.79. The van der Waals surface area contributed by atoms with Crippen LogP contribution in [0.3, 0.4) is 0 Å². The van der Waals surface area contributed by atoms with Gasteiger partial charge in [0.1, 0.15) is 5.82 Å². The molecular formula is C19H20F2N8. The van der Waals surface area contributed by atoms with Crippen molar-refractivity contribution in [1.29, 1.82) is 0 Å². The summed E-state index contributed by atoms with van der Waals surface area (Å²) < 4.78 is 29.2. The maximum absolute atomic E-state index is 13.0. The number of alkyl halides is 2. The molecule has 0 aliphatic heterocycles. The van der Waals surface area contributed by atoms with Crippen molar-refractivity contribution < 1.29 is 8.78 Å². The van der Waals surface area contributed by atoms with Crippen LogP contribution < -0.4 is 11.1 Å². The normalized spacial score (nSPS) is 19.2. The van der Waals surface area contributed by atoms with E-state index in [1.807, 2.05) is 18.3 Å². The number of anilines is 1. The lowest BCUT2D eigenvalue weighted by molar-refractivity contribution is 0.127. The summed E-state index contributed by atoms with van der Waals surface area (Å²) in [4.78, 5) is 13.1. The molecule has 0 saturated heterocycles. The van der Waals surface area contributed by atoms with Crippen LogP contribution in [-0.4, -0.2) is 47.6 Å². The number of imidazole rings is 1. The third-order valence-electron chi connectivity index (χ3n) is 5.35. The topological polar surface area (TPSA) is 98.9 Å². The van der Waals surface area contributed by atoms with Crippen molar-refractivity contribution in [1.82, 2.24) is 29.1 Å². The van der Waals surface area contributed by atoms with Gasteiger partial charge >= 0.3 is 0 Å². The van der Waals surface area contributed by atoms with E-state index in [0.29, 0.717) is 29.0 Å².